The summed E-state index contributed by atoms with van der Waals surface area (Å²) >= 11 is 11.3. The number of anilines is 1. The summed E-state index contributed by atoms with van der Waals surface area (Å²) in [4.78, 5) is 30.5. The summed E-state index contributed by atoms with van der Waals surface area (Å²) in [5.74, 6) is -2.35. The van der Waals surface area contributed by atoms with E-state index < -0.39 is 17.8 Å². The van der Waals surface area contributed by atoms with E-state index in [1.165, 1.54) is 6.07 Å². The zero-order chi connectivity index (χ0) is 14.0. The zero-order valence-electron chi connectivity index (χ0n) is 9.77. The number of aliphatic carboxylic acids is 1. The van der Waals surface area contributed by atoms with Crippen molar-refractivity contribution in [3.8, 4) is 0 Å². The molecule has 1 aromatic rings. The van der Waals surface area contributed by atoms with Crippen LogP contribution in [0.4, 0.5) is 5.82 Å². The summed E-state index contributed by atoms with van der Waals surface area (Å²) in [5, 5.41) is 11.6. The summed E-state index contributed by atoms with van der Waals surface area (Å²) in [6.45, 7) is 0. The topological polar surface area (TPSA) is 92.2 Å². The number of hydrogen-bond donors (Lipinski definition) is 2. The van der Waals surface area contributed by atoms with Crippen LogP contribution in [-0.2, 0) is 9.59 Å². The van der Waals surface area contributed by atoms with Gasteiger partial charge in [0.2, 0.25) is 11.2 Å². The second kappa shape index (κ2) is 5.71. The minimum Gasteiger partial charge on any atom is -0.481 e. The molecule has 1 amide bonds. The number of aromatic nitrogens is 2. The van der Waals surface area contributed by atoms with E-state index >= 15 is 0 Å². The molecule has 2 N–H and O–H groups in total. The number of carboxylic acid groups (broad SMARTS) is 1. The molecule has 0 aromatic carbocycles. The summed E-state index contributed by atoms with van der Waals surface area (Å²) in [7, 11) is 0. The summed E-state index contributed by atoms with van der Waals surface area (Å²) in [5.41, 5.74) is 0. The SMILES string of the molecule is O=C(O)C1CCCC1C(=O)Nc1cc(Cl)nc(Cl)n1. The Balaban J connectivity index is 2.10. The molecule has 2 atom stereocenters. The number of carboxylic acids is 1. The summed E-state index contributed by atoms with van der Waals surface area (Å²) in [6, 6.07) is 1.36. The third kappa shape index (κ3) is 3.33. The van der Waals surface area contributed by atoms with E-state index in [1.54, 1.807) is 0 Å². The Morgan fingerprint density at radius 3 is 2.58 bits per heavy atom. The lowest BCUT2D eigenvalue weighted by molar-refractivity contribution is -0.145. The van der Waals surface area contributed by atoms with Gasteiger partial charge < -0.3 is 10.4 Å². The first-order valence-electron chi connectivity index (χ1n) is 5.71. The molecule has 2 unspecified atom stereocenters. The van der Waals surface area contributed by atoms with Crippen molar-refractivity contribution in [1.82, 2.24) is 9.97 Å². The van der Waals surface area contributed by atoms with E-state index in [2.05, 4.69) is 15.3 Å². The van der Waals surface area contributed by atoms with Crippen LogP contribution in [0, 0.1) is 11.8 Å². The van der Waals surface area contributed by atoms with Gasteiger partial charge in [0.05, 0.1) is 11.8 Å². The highest BCUT2D eigenvalue weighted by molar-refractivity contribution is 6.32. The Labute approximate surface area is 119 Å². The average Bonchev–Trinajstić information content (AvgIpc) is 2.75. The van der Waals surface area contributed by atoms with Crippen LogP contribution < -0.4 is 5.32 Å². The van der Waals surface area contributed by atoms with E-state index in [0.29, 0.717) is 12.8 Å². The van der Waals surface area contributed by atoms with Crippen molar-refractivity contribution < 1.29 is 14.7 Å². The van der Waals surface area contributed by atoms with Crippen LogP contribution in [-0.4, -0.2) is 27.0 Å². The minimum atomic E-state index is -0.948. The van der Waals surface area contributed by atoms with E-state index in [0.717, 1.165) is 6.42 Å². The number of carbonyl (C=O) groups is 2. The van der Waals surface area contributed by atoms with Crippen LogP contribution >= 0.6 is 23.2 Å². The average molecular weight is 304 g/mol. The minimum absolute atomic E-state index is 0.0796. The molecule has 0 bridgehead atoms. The molecule has 6 nitrogen and oxygen atoms in total. The Morgan fingerprint density at radius 1 is 1.26 bits per heavy atom. The van der Waals surface area contributed by atoms with Gasteiger partial charge in [0.1, 0.15) is 11.0 Å². The lowest BCUT2D eigenvalue weighted by Gasteiger charge is -2.15. The molecule has 1 aliphatic rings. The third-order valence-corrected chi connectivity index (χ3v) is 3.45. The van der Waals surface area contributed by atoms with Crippen LogP contribution in [0.5, 0.6) is 0 Å². The highest BCUT2D eigenvalue weighted by Gasteiger charge is 2.37. The molecular formula is C11H11Cl2N3O3. The maximum Gasteiger partial charge on any atom is 0.307 e. The maximum absolute atomic E-state index is 12.0. The van der Waals surface area contributed by atoms with Crippen LogP contribution in [0.25, 0.3) is 0 Å². The molecule has 1 aromatic heterocycles. The highest BCUT2D eigenvalue weighted by atomic mass is 35.5. The van der Waals surface area contributed by atoms with Gasteiger partial charge in [-0.15, -0.1) is 0 Å². The maximum atomic E-state index is 12.0. The molecule has 0 aliphatic heterocycles. The zero-order valence-corrected chi connectivity index (χ0v) is 11.3. The van der Waals surface area contributed by atoms with Gasteiger partial charge >= 0.3 is 5.97 Å². The molecule has 1 saturated carbocycles. The lowest BCUT2D eigenvalue weighted by Crippen LogP contribution is -2.30. The van der Waals surface area contributed by atoms with E-state index in [4.69, 9.17) is 28.3 Å². The monoisotopic (exact) mass is 303 g/mol. The third-order valence-electron chi connectivity index (χ3n) is 3.09. The molecule has 8 heteroatoms. The second-order valence-electron chi connectivity index (χ2n) is 4.32. The van der Waals surface area contributed by atoms with Crippen molar-refractivity contribution in [2.75, 3.05) is 5.32 Å². The van der Waals surface area contributed by atoms with Crippen molar-refractivity contribution >= 4 is 40.9 Å². The van der Waals surface area contributed by atoms with Crippen LogP contribution in [0.2, 0.25) is 10.4 Å². The Hall–Kier alpha value is -1.40. The van der Waals surface area contributed by atoms with Crippen molar-refractivity contribution in [1.29, 1.82) is 0 Å². The number of amides is 1. The molecule has 0 spiro atoms. The summed E-state index contributed by atoms with van der Waals surface area (Å²) in [6.07, 6.45) is 1.79. The van der Waals surface area contributed by atoms with Gasteiger partial charge in [-0.1, -0.05) is 18.0 Å². The molecule has 102 valence electrons. The Kier molecular flexibility index (Phi) is 4.21. The molecule has 2 rings (SSSR count). The van der Waals surface area contributed by atoms with Gasteiger partial charge in [-0.25, -0.2) is 9.97 Å². The number of nitrogens with zero attached hydrogens (tertiary/aromatic N) is 2. The normalized spacial score (nSPS) is 22.2. The standard InChI is InChI=1S/C11H11Cl2N3O3/c12-7-4-8(16-11(13)14-7)15-9(17)5-2-1-3-6(5)10(18)19/h4-6H,1-3H2,(H,18,19)(H,14,15,16,17). The first-order chi connectivity index (χ1) is 8.97. The van der Waals surface area contributed by atoms with E-state index in [-0.39, 0.29) is 22.2 Å². The van der Waals surface area contributed by atoms with Gasteiger partial charge in [0, 0.05) is 6.07 Å². The number of rotatable bonds is 3. The predicted octanol–water partition coefficient (Wildman–Crippen LogP) is 2.22. The number of halogens is 2. The van der Waals surface area contributed by atoms with Crippen molar-refractivity contribution in [3.05, 3.63) is 16.5 Å². The smallest absolute Gasteiger partial charge is 0.307 e. The van der Waals surface area contributed by atoms with Crippen LogP contribution in [0.3, 0.4) is 0 Å². The quantitative estimate of drug-likeness (QED) is 0.660. The van der Waals surface area contributed by atoms with Gasteiger partial charge in [0.25, 0.3) is 0 Å². The molecule has 19 heavy (non-hydrogen) atoms. The fourth-order valence-electron chi connectivity index (χ4n) is 2.24. The first kappa shape index (κ1) is 14.0. The predicted molar refractivity (Wildman–Crippen MR) is 69.1 cm³/mol. The van der Waals surface area contributed by atoms with Crippen molar-refractivity contribution in [3.63, 3.8) is 0 Å². The molecule has 0 saturated heterocycles. The molecule has 1 fully saturated rings. The number of nitrogens with one attached hydrogen (secondary N) is 1. The molecule has 0 radical (unpaired) electrons. The number of hydrogen-bond acceptors (Lipinski definition) is 4. The Bertz CT molecular complexity index is 504. The first-order valence-corrected chi connectivity index (χ1v) is 6.46. The van der Waals surface area contributed by atoms with Crippen LogP contribution in [0.1, 0.15) is 19.3 Å². The highest BCUT2D eigenvalue weighted by Crippen LogP contribution is 2.32. The summed E-state index contributed by atoms with van der Waals surface area (Å²) < 4.78 is 0. The Morgan fingerprint density at radius 2 is 1.95 bits per heavy atom. The molecular weight excluding hydrogens is 293 g/mol. The van der Waals surface area contributed by atoms with E-state index in [9.17, 15) is 9.59 Å². The number of carbonyl (C=O) groups excluding carboxylic acids is 1. The molecule has 1 aliphatic carbocycles. The van der Waals surface area contributed by atoms with Gasteiger partial charge in [-0.3, -0.25) is 9.59 Å². The van der Waals surface area contributed by atoms with E-state index in [1.807, 2.05) is 0 Å². The second-order valence-corrected chi connectivity index (χ2v) is 5.04. The lowest BCUT2D eigenvalue weighted by atomic mass is 9.95. The van der Waals surface area contributed by atoms with Crippen molar-refractivity contribution in [2.24, 2.45) is 11.8 Å². The fraction of sp³-hybridized carbons (Fsp3) is 0.455. The van der Waals surface area contributed by atoms with Crippen LogP contribution in [0.15, 0.2) is 6.07 Å². The molecule has 1 heterocycles. The van der Waals surface area contributed by atoms with Gasteiger partial charge in [-0.05, 0) is 24.4 Å². The largest absolute Gasteiger partial charge is 0.481 e. The van der Waals surface area contributed by atoms with Gasteiger partial charge in [-0.2, -0.15) is 0 Å². The van der Waals surface area contributed by atoms with Crippen molar-refractivity contribution in [2.45, 2.75) is 19.3 Å². The fourth-order valence-corrected chi connectivity index (χ4v) is 2.65. The van der Waals surface area contributed by atoms with Gasteiger partial charge in [0.15, 0.2) is 0 Å².